The van der Waals surface area contributed by atoms with E-state index >= 15 is 0 Å². The van der Waals surface area contributed by atoms with Crippen molar-refractivity contribution in [1.82, 2.24) is 9.97 Å². The molecule has 5 nitrogen and oxygen atoms in total. The molecule has 2 rings (SSSR count). The molecule has 1 aromatic rings. The van der Waals surface area contributed by atoms with Crippen molar-refractivity contribution in [3.05, 3.63) is 11.9 Å². The summed E-state index contributed by atoms with van der Waals surface area (Å²) in [5.74, 6) is 2.72. The van der Waals surface area contributed by atoms with Gasteiger partial charge in [-0.3, -0.25) is 0 Å². The standard InChI is InChI=1S/C15H25N3O2/c1-4-11-7-5-6-8-12(11)20-15-9-13(16-2)17-14(18-15)10-19-3/h9,11-12H,4-8,10H2,1-3H3,(H,16,17,18). The van der Waals surface area contributed by atoms with Crippen LogP contribution in [0.3, 0.4) is 0 Å². The maximum atomic E-state index is 6.14. The molecule has 0 saturated heterocycles. The summed E-state index contributed by atoms with van der Waals surface area (Å²) < 4.78 is 11.2. The Bertz CT molecular complexity index is 426. The van der Waals surface area contributed by atoms with Gasteiger partial charge in [0.15, 0.2) is 5.82 Å². The molecule has 0 bridgehead atoms. The van der Waals surface area contributed by atoms with Crippen LogP contribution in [0, 0.1) is 5.92 Å². The summed E-state index contributed by atoms with van der Waals surface area (Å²) in [4.78, 5) is 8.78. The Hall–Kier alpha value is -1.36. The van der Waals surface area contributed by atoms with Crippen LogP contribution in [0.1, 0.15) is 44.9 Å². The van der Waals surface area contributed by atoms with Crippen LogP contribution < -0.4 is 10.1 Å². The highest BCUT2D eigenvalue weighted by Gasteiger charge is 2.25. The summed E-state index contributed by atoms with van der Waals surface area (Å²) in [5.41, 5.74) is 0. The molecule has 5 heteroatoms. The first-order chi connectivity index (χ1) is 9.76. The van der Waals surface area contributed by atoms with Crippen LogP contribution in [-0.2, 0) is 11.3 Å². The van der Waals surface area contributed by atoms with Gasteiger partial charge in [-0.05, 0) is 31.6 Å². The Morgan fingerprint density at radius 1 is 1.30 bits per heavy atom. The first kappa shape index (κ1) is 15.0. The van der Waals surface area contributed by atoms with E-state index in [-0.39, 0.29) is 6.10 Å². The predicted octanol–water partition coefficient (Wildman–Crippen LogP) is 3.01. The van der Waals surface area contributed by atoms with Crippen molar-refractivity contribution in [2.75, 3.05) is 19.5 Å². The average molecular weight is 279 g/mol. The first-order valence-electron chi connectivity index (χ1n) is 7.48. The minimum atomic E-state index is 0.281. The molecular formula is C15H25N3O2. The molecule has 112 valence electrons. The maximum Gasteiger partial charge on any atom is 0.219 e. The molecule has 1 N–H and O–H groups in total. The van der Waals surface area contributed by atoms with Gasteiger partial charge in [-0.2, -0.15) is 4.98 Å². The number of hydrogen-bond donors (Lipinski definition) is 1. The molecule has 2 unspecified atom stereocenters. The second kappa shape index (κ2) is 7.43. The Balaban J connectivity index is 2.12. The van der Waals surface area contributed by atoms with Gasteiger partial charge in [0.25, 0.3) is 0 Å². The van der Waals surface area contributed by atoms with Gasteiger partial charge in [0, 0.05) is 20.2 Å². The summed E-state index contributed by atoms with van der Waals surface area (Å²) in [6, 6.07) is 1.86. The third-order valence-corrected chi connectivity index (χ3v) is 3.91. The molecular weight excluding hydrogens is 254 g/mol. The molecule has 1 aliphatic carbocycles. The summed E-state index contributed by atoms with van der Waals surface area (Å²) >= 11 is 0. The highest BCUT2D eigenvalue weighted by molar-refractivity contribution is 5.37. The Morgan fingerprint density at radius 2 is 2.10 bits per heavy atom. The Morgan fingerprint density at radius 3 is 2.80 bits per heavy atom. The smallest absolute Gasteiger partial charge is 0.219 e. The van der Waals surface area contributed by atoms with Crippen molar-refractivity contribution in [3.63, 3.8) is 0 Å². The van der Waals surface area contributed by atoms with Crippen molar-refractivity contribution < 1.29 is 9.47 Å². The number of aromatic nitrogens is 2. The van der Waals surface area contributed by atoms with Crippen LogP contribution in [0.5, 0.6) is 5.88 Å². The normalized spacial score (nSPS) is 22.6. The van der Waals surface area contributed by atoms with E-state index in [9.17, 15) is 0 Å². The molecule has 1 aromatic heterocycles. The lowest BCUT2D eigenvalue weighted by Crippen LogP contribution is -2.30. The third kappa shape index (κ3) is 3.82. The van der Waals surface area contributed by atoms with E-state index in [4.69, 9.17) is 9.47 Å². The van der Waals surface area contributed by atoms with Gasteiger partial charge in [-0.1, -0.05) is 13.3 Å². The zero-order valence-electron chi connectivity index (χ0n) is 12.7. The Kier molecular flexibility index (Phi) is 5.59. The van der Waals surface area contributed by atoms with E-state index in [1.165, 1.54) is 25.7 Å². The van der Waals surface area contributed by atoms with Crippen LogP contribution in [0.15, 0.2) is 6.07 Å². The largest absolute Gasteiger partial charge is 0.474 e. The van der Waals surface area contributed by atoms with Gasteiger partial charge >= 0.3 is 0 Å². The lowest BCUT2D eigenvalue weighted by Gasteiger charge is -2.30. The zero-order chi connectivity index (χ0) is 14.4. The number of anilines is 1. The van der Waals surface area contributed by atoms with Crippen LogP contribution in [0.4, 0.5) is 5.82 Å². The zero-order valence-corrected chi connectivity index (χ0v) is 12.7. The second-order valence-corrected chi connectivity index (χ2v) is 5.30. The lowest BCUT2D eigenvalue weighted by molar-refractivity contribution is 0.0847. The number of hydrogen-bond acceptors (Lipinski definition) is 5. The van der Waals surface area contributed by atoms with Crippen molar-refractivity contribution in [3.8, 4) is 5.88 Å². The van der Waals surface area contributed by atoms with E-state index in [1.54, 1.807) is 7.11 Å². The lowest BCUT2D eigenvalue weighted by atomic mass is 9.85. The van der Waals surface area contributed by atoms with Crippen LogP contribution in [0.25, 0.3) is 0 Å². The highest BCUT2D eigenvalue weighted by atomic mass is 16.5. The van der Waals surface area contributed by atoms with Crippen molar-refractivity contribution in [2.45, 2.75) is 51.7 Å². The molecule has 2 atom stereocenters. The van der Waals surface area contributed by atoms with Gasteiger partial charge in [0.05, 0.1) is 0 Å². The summed E-state index contributed by atoms with van der Waals surface area (Å²) in [7, 11) is 3.49. The fraction of sp³-hybridized carbons (Fsp3) is 0.733. The monoisotopic (exact) mass is 279 g/mol. The predicted molar refractivity (Wildman–Crippen MR) is 79.0 cm³/mol. The van der Waals surface area contributed by atoms with Gasteiger partial charge in [0.2, 0.25) is 5.88 Å². The van der Waals surface area contributed by atoms with Gasteiger partial charge in [0.1, 0.15) is 18.5 Å². The molecule has 0 amide bonds. The average Bonchev–Trinajstić information content (AvgIpc) is 2.48. The number of nitrogens with one attached hydrogen (secondary N) is 1. The van der Waals surface area contributed by atoms with Crippen LogP contribution in [-0.4, -0.2) is 30.2 Å². The summed E-state index contributed by atoms with van der Waals surface area (Å²) in [6.45, 7) is 2.63. The SMILES string of the molecule is CCC1CCCCC1Oc1cc(NC)nc(COC)n1. The maximum absolute atomic E-state index is 6.14. The summed E-state index contributed by atoms with van der Waals surface area (Å²) in [5, 5.41) is 3.04. The van der Waals surface area contributed by atoms with Crippen molar-refractivity contribution in [1.29, 1.82) is 0 Å². The number of rotatable bonds is 6. The molecule has 0 aliphatic heterocycles. The Labute approximate surface area is 121 Å². The molecule has 20 heavy (non-hydrogen) atoms. The van der Waals surface area contributed by atoms with Crippen molar-refractivity contribution >= 4 is 5.82 Å². The molecule has 1 fully saturated rings. The minimum absolute atomic E-state index is 0.281. The van der Waals surface area contributed by atoms with Crippen LogP contribution >= 0.6 is 0 Å². The molecule has 0 radical (unpaired) electrons. The van der Waals surface area contributed by atoms with E-state index in [2.05, 4.69) is 22.2 Å². The third-order valence-electron chi connectivity index (χ3n) is 3.91. The first-order valence-corrected chi connectivity index (χ1v) is 7.48. The quantitative estimate of drug-likeness (QED) is 0.867. The van der Waals surface area contributed by atoms with Crippen LogP contribution in [0.2, 0.25) is 0 Å². The molecule has 1 aliphatic rings. The van der Waals surface area contributed by atoms with E-state index < -0.39 is 0 Å². The molecule has 1 heterocycles. The number of methoxy groups -OCH3 is 1. The second-order valence-electron chi connectivity index (χ2n) is 5.30. The minimum Gasteiger partial charge on any atom is -0.474 e. The summed E-state index contributed by atoms with van der Waals surface area (Å²) in [6.07, 6.45) is 6.39. The number of nitrogens with zero attached hydrogens (tertiary/aromatic N) is 2. The van der Waals surface area contributed by atoms with Gasteiger partial charge < -0.3 is 14.8 Å². The topological polar surface area (TPSA) is 56.3 Å². The van der Waals surface area contributed by atoms with E-state index in [0.717, 1.165) is 12.2 Å². The molecule has 0 aromatic carbocycles. The fourth-order valence-electron chi connectivity index (χ4n) is 2.81. The van der Waals surface area contributed by atoms with Gasteiger partial charge in [-0.25, -0.2) is 4.98 Å². The van der Waals surface area contributed by atoms with Crippen molar-refractivity contribution in [2.24, 2.45) is 5.92 Å². The molecule has 1 saturated carbocycles. The fourth-order valence-corrected chi connectivity index (χ4v) is 2.81. The molecule has 0 spiro atoms. The highest BCUT2D eigenvalue weighted by Crippen LogP contribution is 2.30. The van der Waals surface area contributed by atoms with E-state index in [0.29, 0.717) is 24.2 Å². The van der Waals surface area contributed by atoms with E-state index in [1.807, 2.05) is 13.1 Å². The van der Waals surface area contributed by atoms with Gasteiger partial charge in [-0.15, -0.1) is 0 Å². The number of ether oxygens (including phenoxy) is 2.